The van der Waals surface area contributed by atoms with E-state index in [-0.39, 0.29) is 30.5 Å². The van der Waals surface area contributed by atoms with Gasteiger partial charge in [0, 0.05) is 43.0 Å². The number of carboxylic acid groups (broad SMARTS) is 1. The normalized spacial score (nSPS) is 18.7. The Labute approximate surface area is 251 Å². The number of carbonyl (C=O) groups is 2. The lowest BCUT2D eigenvalue weighted by atomic mass is 9.85. The van der Waals surface area contributed by atoms with Gasteiger partial charge in [0.05, 0.1) is 30.3 Å². The molecule has 44 heavy (non-hydrogen) atoms. The molecule has 3 aliphatic heterocycles. The summed E-state index contributed by atoms with van der Waals surface area (Å²) in [6, 6.07) is 13.6. The van der Waals surface area contributed by atoms with Gasteiger partial charge in [-0.05, 0) is 49.2 Å². The van der Waals surface area contributed by atoms with E-state index >= 15 is 0 Å². The van der Waals surface area contributed by atoms with Gasteiger partial charge in [-0.2, -0.15) is 5.26 Å². The number of anilines is 1. The quantitative estimate of drug-likeness (QED) is 0.263. The third kappa shape index (κ3) is 5.47. The molecule has 3 aromatic heterocycles. The summed E-state index contributed by atoms with van der Waals surface area (Å²) in [6.45, 7) is 2.95. The molecule has 3 N–H and O–H groups in total. The fourth-order valence-corrected chi connectivity index (χ4v) is 5.94. The molecule has 2 bridgehead atoms. The molecule has 0 radical (unpaired) electrons. The molecule has 0 saturated carbocycles. The number of hydrogen-bond donors (Lipinski definition) is 3. The van der Waals surface area contributed by atoms with Crippen molar-refractivity contribution >= 4 is 23.3 Å². The number of aliphatic hydroxyl groups is 1. The van der Waals surface area contributed by atoms with Gasteiger partial charge in [0.1, 0.15) is 29.3 Å². The van der Waals surface area contributed by atoms with Gasteiger partial charge in [0.15, 0.2) is 0 Å². The zero-order chi connectivity index (χ0) is 31.0. The predicted octanol–water partition coefficient (Wildman–Crippen LogP) is 3.36. The Bertz CT molecular complexity index is 1720. The predicted molar refractivity (Wildman–Crippen MR) is 156 cm³/mol. The van der Waals surface area contributed by atoms with Gasteiger partial charge in [-0.1, -0.05) is 18.2 Å². The highest BCUT2D eigenvalue weighted by Gasteiger charge is 2.49. The monoisotopic (exact) mass is 599 g/mol. The lowest BCUT2D eigenvalue weighted by Crippen LogP contribution is -2.71. The summed E-state index contributed by atoms with van der Waals surface area (Å²) in [6.07, 6.45) is 2.82. The lowest BCUT2D eigenvalue weighted by molar-refractivity contribution is -0.148. The average Bonchev–Trinajstić information content (AvgIpc) is 3.37. The topological polar surface area (TPSA) is 156 Å². The smallest absolute Gasteiger partial charge is 0.405 e. The molecule has 13 heteroatoms. The van der Waals surface area contributed by atoms with Crippen LogP contribution in [0.4, 0.5) is 15.0 Å². The highest BCUT2D eigenvalue weighted by Crippen LogP contribution is 2.37. The lowest BCUT2D eigenvalue weighted by Gasteiger charge is -2.57. The van der Waals surface area contributed by atoms with Gasteiger partial charge < -0.3 is 30.1 Å². The zero-order valence-corrected chi connectivity index (χ0v) is 23.8. The van der Waals surface area contributed by atoms with Crippen LogP contribution < -0.4 is 15.0 Å². The summed E-state index contributed by atoms with van der Waals surface area (Å²) in [5.74, 6) is 0.106. The number of pyridine rings is 2. The number of fused-ring (bicyclic) bond motifs is 3. The molecule has 4 atom stereocenters. The summed E-state index contributed by atoms with van der Waals surface area (Å²) in [5.41, 5.74) is 2.82. The fraction of sp³-hybridized carbons (Fsp3) is 0.323. The van der Waals surface area contributed by atoms with E-state index in [9.17, 15) is 29.5 Å². The van der Waals surface area contributed by atoms with E-state index in [1.165, 1.54) is 24.3 Å². The number of benzene rings is 1. The Kier molecular flexibility index (Phi) is 7.75. The summed E-state index contributed by atoms with van der Waals surface area (Å²) < 4.78 is 20.8. The van der Waals surface area contributed by atoms with Crippen molar-refractivity contribution in [1.82, 2.24) is 24.8 Å². The van der Waals surface area contributed by atoms with E-state index in [1.54, 1.807) is 28.7 Å². The minimum Gasteiger partial charge on any atom is -0.476 e. The van der Waals surface area contributed by atoms with Crippen LogP contribution >= 0.6 is 0 Å². The van der Waals surface area contributed by atoms with Crippen molar-refractivity contribution in [2.45, 2.75) is 44.0 Å². The molecular formula is C31H30FN7O5. The van der Waals surface area contributed by atoms with Gasteiger partial charge in [-0.3, -0.25) is 4.79 Å². The minimum atomic E-state index is -1.34. The average molecular weight is 600 g/mol. The molecule has 0 aliphatic carbocycles. The molecule has 4 aromatic rings. The van der Waals surface area contributed by atoms with Crippen molar-refractivity contribution < 1.29 is 28.9 Å². The van der Waals surface area contributed by atoms with Crippen LogP contribution in [-0.4, -0.2) is 79.6 Å². The van der Waals surface area contributed by atoms with Crippen LogP contribution in [0.3, 0.4) is 0 Å². The number of nitriles is 1. The first-order valence-corrected chi connectivity index (χ1v) is 14.2. The Hall–Kier alpha value is -5.22. The van der Waals surface area contributed by atoms with Gasteiger partial charge in [0.25, 0.3) is 11.8 Å². The Morgan fingerprint density at radius 1 is 1.18 bits per heavy atom. The minimum absolute atomic E-state index is 0.118. The fourth-order valence-electron chi connectivity index (χ4n) is 5.94. The van der Waals surface area contributed by atoms with Crippen LogP contribution in [0.25, 0.3) is 16.6 Å². The number of nitrogens with zero attached hydrogens (tertiary/aromatic N) is 6. The molecule has 3 aliphatic rings. The van der Waals surface area contributed by atoms with Gasteiger partial charge >= 0.3 is 6.09 Å². The zero-order valence-electron chi connectivity index (χ0n) is 23.8. The van der Waals surface area contributed by atoms with Crippen molar-refractivity contribution in [3.63, 3.8) is 0 Å². The second-order valence-corrected chi connectivity index (χ2v) is 11.0. The molecule has 12 nitrogen and oxygen atoms in total. The van der Waals surface area contributed by atoms with E-state index in [1.807, 2.05) is 24.3 Å². The molecule has 3 unspecified atom stereocenters. The molecule has 2 amide bonds. The van der Waals surface area contributed by atoms with Crippen molar-refractivity contribution in [2.24, 2.45) is 0 Å². The second kappa shape index (κ2) is 11.8. The molecular weight excluding hydrogens is 569 g/mol. The van der Waals surface area contributed by atoms with Crippen molar-refractivity contribution in [3.05, 3.63) is 77.9 Å². The Morgan fingerprint density at radius 2 is 1.93 bits per heavy atom. The number of piperidine rings is 1. The highest BCUT2D eigenvalue weighted by molar-refractivity contribution is 5.88. The Morgan fingerprint density at radius 3 is 2.57 bits per heavy atom. The molecule has 3 saturated heterocycles. The van der Waals surface area contributed by atoms with Crippen LogP contribution in [0.1, 0.15) is 36.9 Å². The first-order chi connectivity index (χ1) is 21.2. The first kappa shape index (κ1) is 28.9. The standard InChI is InChI=1S/C31H30FN7O5/c1-18(40)10-12-44-29-25(14-33)28-24(3-2-11-38(28)36-29)20-6-9-26(34-15-20)37-16-22-13-23(17-37)39(22)30(41)27(35-31(42)43)19-4-7-21(32)8-5-19/h2-9,11,15,18,22-23,27,35,40H,10,12-13,16-17H2,1H3,(H,42,43)/t18?,22?,23?,27-/m1/s1. The van der Waals surface area contributed by atoms with Crippen LogP contribution in [0.5, 0.6) is 5.88 Å². The molecule has 226 valence electrons. The molecule has 3 fully saturated rings. The third-order valence-corrected chi connectivity index (χ3v) is 8.06. The first-order valence-electron chi connectivity index (χ1n) is 14.2. The number of aromatic nitrogens is 3. The molecule has 1 aromatic carbocycles. The number of rotatable bonds is 9. The summed E-state index contributed by atoms with van der Waals surface area (Å²) in [7, 11) is 0. The number of ether oxygens (including phenoxy) is 1. The Balaban J connectivity index is 1.18. The number of halogens is 1. The SMILES string of the molecule is CC(O)CCOc1nn2cccc(-c3ccc(N4CC5CC(C4)N5C(=O)[C@H](NC(=O)O)c4ccc(F)cc4)nc3)c2c1C#N. The van der Waals surface area contributed by atoms with E-state index < -0.39 is 24.1 Å². The maximum atomic E-state index is 13.5. The summed E-state index contributed by atoms with van der Waals surface area (Å²) in [4.78, 5) is 33.5. The number of nitrogens with one attached hydrogen (secondary N) is 1. The second-order valence-electron chi connectivity index (χ2n) is 11.0. The van der Waals surface area contributed by atoms with Gasteiger partial charge in [-0.15, -0.1) is 5.10 Å². The highest BCUT2D eigenvalue weighted by atomic mass is 19.1. The summed E-state index contributed by atoms with van der Waals surface area (Å²) in [5, 5.41) is 35.5. The largest absolute Gasteiger partial charge is 0.476 e. The number of aliphatic hydroxyl groups excluding tert-OH is 1. The van der Waals surface area contributed by atoms with Crippen LogP contribution in [0.15, 0.2) is 60.9 Å². The number of amides is 2. The maximum absolute atomic E-state index is 13.5. The molecule has 7 rings (SSSR count). The van der Waals surface area contributed by atoms with E-state index in [4.69, 9.17) is 9.72 Å². The van der Waals surface area contributed by atoms with E-state index in [0.29, 0.717) is 36.2 Å². The van der Waals surface area contributed by atoms with Crippen molar-refractivity contribution in [2.75, 3.05) is 24.6 Å². The van der Waals surface area contributed by atoms with Crippen LogP contribution in [-0.2, 0) is 4.79 Å². The van der Waals surface area contributed by atoms with Crippen LogP contribution in [0.2, 0.25) is 0 Å². The molecule has 0 spiro atoms. The van der Waals surface area contributed by atoms with Crippen LogP contribution in [0, 0.1) is 17.1 Å². The van der Waals surface area contributed by atoms with Gasteiger partial charge in [-0.25, -0.2) is 18.7 Å². The van der Waals surface area contributed by atoms with E-state index in [0.717, 1.165) is 23.4 Å². The summed E-state index contributed by atoms with van der Waals surface area (Å²) >= 11 is 0. The third-order valence-electron chi connectivity index (χ3n) is 8.06. The van der Waals surface area contributed by atoms with Crippen molar-refractivity contribution in [1.29, 1.82) is 5.26 Å². The maximum Gasteiger partial charge on any atom is 0.405 e. The van der Waals surface area contributed by atoms with Gasteiger partial charge in [0.2, 0.25) is 0 Å². The van der Waals surface area contributed by atoms with Crippen molar-refractivity contribution in [3.8, 4) is 23.1 Å². The number of hydrogen-bond acceptors (Lipinski definition) is 8. The number of carbonyl (C=O) groups excluding carboxylic acids is 1. The number of piperazine rings is 1. The molecule has 6 heterocycles. The van der Waals surface area contributed by atoms with E-state index in [2.05, 4.69) is 21.4 Å².